The zero-order chi connectivity index (χ0) is 16.1. The lowest BCUT2D eigenvalue weighted by atomic mass is 10.1. The molecule has 2 rings (SSSR count). The molecular formula is C18H18BrNO2. The van der Waals surface area contributed by atoms with E-state index in [9.17, 15) is 4.79 Å². The molecule has 4 heteroatoms. The van der Waals surface area contributed by atoms with Gasteiger partial charge >= 0.3 is 0 Å². The Morgan fingerprint density at radius 2 is 1.82 bits per heavy atom. The SMILES string of the molecule is COc1ccc(C=CC(=O)Nc2cc(C)cc(C)c2)cc1Br. The molecule has 114 valence electrons. The summed E-state index contributed by atoms with van der Waals surface area (Å²) < 4.78 is 6.03. The predicted molar refractivity (Wildman–Crippen MR) is 94.3 cm³/mol. The number of aryl methyl sites for hydroxylation is 2. The average molecular weight is 360 g/mol. The summed E-state index contributed by atoms with van der Waals surface area (Å²) in [5.41, 5.74) is 3.98. The second-order valence-electron chi connectivity index (χ2n) is 5.09. The lowest BCUT2D eigenvalue weighted by Gasteiger charge is -2.05. The van der Waals surface area contributed by atoms with Crippen LogP contribution >= 0.6 is 15.9 Å². The van der Waals surface area contributed by atoms with Crippen molar-refractivity contribution in [1.29, 1.82) is 0 Å². The van der Waals surface area contributed by atoms with Gasteiger partial charge in [0.25, 0.3) is 0 Å². The first-order valence-electron chi connectivity index (χ1n) is 6.89. The Balaban J connectivity index is 2.06. The van der Waals surface area contributed by atoms with Crippen molar-refractivity contribution in [3.8, 4) is 5.75 Å². The van der Waals surface area contributed by atoms with Crippen LogP contribution < -0.4 is 10.1 Å². The topological polar surface area (TPSA) is 38.3 Å². The van der Waals surface area contributed by atoms with Crippen LogP contribution in [0.4, 0.5) is 5.69 Å². The van der Waals surface area contributed by atoms with E-state index in [-0.39, 0.29) is 5.91 Å². The van der Waals surface area contributed by atoms with Crippen molar-refractivity contribution < 1.29 is 9.53 Å². The van der Waals surface area contributed by atoms with Crippen LogP contribution in [0, 0.1) is 13.8 Å². The third-order valence-electron chi connectivity index (χ3n) is 3.09. The van der Waals surface area contributed by atoms with E-state index in [1.165, 1.54) is 6.08 Å². The second-order valence-corrected chi connectivity index (χ2v) is 5.95. The maximum Gasteiger partial charge on any atom is 0.248 e. The first-order valence-corrected chi connectivity index (χ1v) is 7.68. The number of carbonyl (C=O) groups excluding carboxylic acids is 1. The molecule has 2 aromatic rings. The molecule has 0 heterocycles. The second kappa shape index (κ2) is 7.27. The molecule has 0 aliphatic carbocycles. The van der Waals surface area contributed by atoms with Crippen LogP contribution in [0.3, 0.4) is 0 Å². The van der Waals surface area contributed by atoms with Crippen LogP contribution in [-0.2, 0) is 4.79 Å². The molecule has 0 unspecified atom stereocenters. The lowest BCUT2D eigenvalue weighted by Crippen LogP contribution is -2.08. The standard InChI is InChI=1S/C18H18BrNO2/c1-12-8-13(2)10-15(9-12)20-18(21)7-5-14-4-6-17(22-3)16(19)11-14/h4-11H,1-3H3,(H,20,21). The fourth-order valence-corrected chi connectivity index (χ4v) is 2.75. The van der Waals surface area contributed by atoms with Crippen LogP contribution in [0.25, 0.3) is 6.08 Å². The molecule has 0 fully saturated rings. The third kappa shape index (κ3) is 4.46. The van der Waals surface area contributed by atoms with Crippen molar-refractivity contribution in [3.63, 3.8) is 0 Å². The van der Waals surface area contributed by atoms with Gasteiger partial charge in [0.15, 0.2) is 0 Å². The Hall–Kier alpha value is -2.07. The number of hydrogen-bond donors (Lipinski definition) is 1. The van der Waals surface area contributed by atoms with Gasteiger partial charge in [-0.1, -0.05) is 12.1 Å². The summed E-state index contributed by atoms with van der Waals surface area (Å²) >= 11 is 3.42. The highest BCUT2D eigenvalue weighted by atomic mass is 79.9. The van der Waals surface area contributed by atoms with Crippen molar-refractivity contribution in [3.05, 3.63) is 63.6 Å². The number of ether oxygens (including phenoxy) is 1. The number of methoxy groups -OCH3 is 1. The fourth-order valence-electron chi connectivity index (χ4n) is 2.19. The zero-order valence-corrected chi connectivity index (χ0v) is 14.4. The number of halogens is 1. The van der Waals surface area contributed by atoms with Crippen LogP contribution in [0.2, 0.25) is 0 Å². The van der Waals surface area contributed by atoms with Crippen molar-refractivity contribution in [2.24, 2.45) is 0 Å². The normalized spacial score (nSPS) is 10.7. The largest absolute Gasteiger partial charge is 0.496 e. The number of benzene rings is 2. The summed E-state index contributed by atoms with van der Waals surface area (Å²) in [7, 11) is 1.62. The van der Waals surface area contributed by atoms with E-state index in [4.69, 9.17) is 4.74 Å². The van der Waals surface area contributed by atoms with Crippen LogP contribution in [0.15, 0.2) is 46.9 Å². The molecule has 1 amide bonds. The summed E-state index contributed by atoms with van der Waals surface area (Å²) in [4.78, 5) is 12.0. The number of carbonyl (C=O) groups is 1. The summed E-state index contributed by atoms with van der Waals surface area (Å²) in [6.45, 7) is 4.01. The summed E-state index contributed by atoms with van der Waals surface area (Å²) in [6.07, 6.45) is 3.29. The monoisotopic (exact) mass is 359 g/mol. The van der Waals surface area contributed by atoms with Gasteiger partial charge in [0.1, 0.15) is 5.75 Å². The Kier molecular flexibility index (Phi) is 5.39. The molecule has 0 aromatic heterocycles. The quantitative estimate of drug-likeness (QED) is 0.801. The zero-order valence-electron chi connectivity index (χ0n) is 12.8. The minimum absolute atomic E-state index is 0.156. The maximum absolute atomic E-state index is 12.0. The first-order chi connectivity index (χ1) is 10.5. The number of hydrogen-bond acceptors (Lipinski definition) is 2. The molecule has 0 saturated heterocycles. The highest BCUT2D eigenvalue weighted by Gasteiger charge is 2.02. The minimum Gasteiger partial charge on any atom is -0.496 e. The van der Waals surface area contributed by atoms with E-state index < -0.39 is 0 Å². The molecule has 0 radical (unpaired) electrons. The van der Waals surface area contributed by atoms with Gasteiger partial charge < -0.3 is 10.1 Å². The number of anilines is 1. The Labute approximate surface area is 139 Å². The van der Waals surface area contributed by atoms with Crippen molar-refractivity contribution >= 4 is 33.6 Å². The smallest absolute Gasteiger partial charge is 0.248 e. The molecule has 22 heavy (non-hydrogen) atoms. The van der Waals surface area contributed by atoms with Crippen molar-refractivity contribution in [1.82, 2.24) is 0 Å². The summed E-state index contributed by atoms with van der Waals surface area (Å²) in [5.74, 6) is 0.605. The predicted octanol–water partition coefficient (Wildman–Crippen LogP) is 4.73. The molecule has 0 atom stereocenters. The average Bonchev–Trinajstić information content (AvgIpc) is 2.44. The van der Waals surface area contributed by atoms with Gasteiger partial charge in [-0.25, -0.2) is 0 Å². The molecule has 0 spiro atoms. The molecule has 1 N–H and O–H groups in total. The number of nitrogens with one attached hydrogen (secondary N) is 1. The van der Waals surface area contributed by atoms with E-state index >= 15 is 0 Å². The molecular weight excluding hydrogens is 342 g/mol. The van der Waals surface area contributed by atoms with E-state index in [0.717, 1.165) is 32.6 Å². The first kappa shape index (κ1) is 16.3. The molecule has 0 aliphatic heterocycles. The van der Waals surface area contributed by atoms with E-state index in [2.05, 4.69) is 27.3 Å². The lowest BCUT2D eigenvalue weighted by molar-refractivity contribution is -0.111. The van der Waals surface area contributed by atoms with Gasteiger partial charge in [-0.3, -0.25) is 4.79 Å². The Morgan fingerprint density at radius 1 is 1.14 bits per heavy atom. The summed E-state index contributed by atoms with van der Waals surface area (Å²) in [6, 6.07) is 11.6. The minimum atomic E-state index is -0.156. The van der Waals surface area contributed by atoms with E-state index in [1.54, 1.807) is 13.2 Å². The van der Waals surface area contributed by atoms with Gasteiger partial charge in [-0.2, -0.15) is 0 Å². The molecule has 3 nitrogen and oxygen atoms in total. The van der Waals surface area contributed by atoms with Gasteiger partial charge in [0.2, 0.25) is 5.91 Å². The highest BCUT2D eigenvalue weighted by Crippen LogP contribution is 2.26. The Bertz CT molecular complexity index is 703. The van der Waals surface area contributed by atoms with Gasteiger partial charge in [0.05, 0.1) is 11.6 Å². The molecule has 0 saturated carbocycles. The van der Waals surface area contributed by atoms with Gasteiger partial charge in [0, 0.05) is 11.8 Å². The van der Waals surface area contributed by atoms with E-state index in [0.29, 0.717) is 0 Å². The highest BCUT2D eigenvalue weighted by molar-refractivity contribution is 9.10. The fraction of sp³-hybridized carbons (Fsp3) is 0.167. The molecule has 0 aliphatic rings. The summed E-state index contributed by atoms with van der Waals surface area (Å²) in [5, 5.41) is 2.87. The van der Waals surface area contributed by atoms with E-state index in [1.807, 2.05) is 44.2 Å². The van der Waals surface area contributed by atoms with Gasteiger partial charge in [-0.15, -0.1) is 0 Å². The molecule has 2 aromatic carbocycles. The number of rotatable bonds is 4. The Morgan fingerprint density at radius 3 is 2.41 bits per heavy atom. The van der Waals surface area contributed by atoms with Crippen LogP contribution in [0.1, 0.15) is 16.7 Å². The van der Waals surface area contributed by atoms with Crippen LogP contribution in [0.5, 0.6) is 5.75 Å². The maximum atomic E-state index is 12.0. The van der Waals surface area contributed by atoms with Gasteiger partial charge in [-0.05, 0) is 76.8 Å². The van der Waals surface area contributed by atoms with Crippen molar-refractivity contribution in [2.75, 3.05) is 12.4 Å². The third-order valence-corrected chi connectivity index (χ3v) is 3.71. The van der Waals surface area contributed by atoms with Crippen LogP contribution in [-0.4, -0.2) is 13.0 Å². The van der Waals surface area contributed by atoms with Crippen molar-refractivity contribution in [2.45, 2.75) is 13.8 Å². The number of amides is 1. The molecule has 0 bridgehead atoms.